The zero-order chi connectivity index (χ0) is 13.5. The standard InChI is InChI=1S/C15H22N2O2/c1-17-7-5-15(6-8-17)10-13(16)12-9-11(18-2)3-4-14(12)19-15/h3-4,9,13H,5-8,10,16H2,1-2H3/t13-/m1/s1. The van der Waals surface area contributed by atoms with Crippen molar-refractivity contribution in [1.29, 1.82) is 0 Å². The van der Waals surface area contributed by atoms with E-state index in [4.69, 9.17) is 15.2 Å². The molecule has 1 fully saturated rings. The quantitative estimate of drug-likeness (QED) is 0.840. The molecule has 2 N–H and O–H groups in total. The summed E-state index contributed by atoms with van der Waals surface area (Å²) in [7, 11) is 3.84. The molecular weight excluding hydrogens is 240 g/mol. The van der Waals surface area contributed by atoms with Crippen LogP contribution in [0.2, 0.25) is 0 Å². The molecule has 0 unspecified atom stereocenters. The van der Waals surface area contributed by atoms with Crippen molar-refractivity contribution >= 4 is 0 Å². The van der Waals surface area contributed by atoms with Crippen LogP contribution >= 0.6 is 0 Å². The third-order valence-electron chi connectivity index (χ3n) is 4.43. The van der Waals surface area contributed by atoms with Crippen LogP contribution in [-0.2, 0) is 0 Å². The van der Waals surface area contributed by atoms with E-state index in [2.05, 4.69) is 11.9 Å². The van der Waals surface area contributed by atoms with Gasteiger partial charge in [0.15, 0.2) is 0 Å². The first-order valence-electron chi connectivity index (χ1n) is 6.93. The lowest BCUT2D eigenvalue weighted by atomic mass is 9.81. The number of rotatable bonds is 1. The van der Waals surface area contributed by atoms with Gasteiger partial charge in [-0.05, 0) is 38.1 Å². The van der Waals surface area contributed by atoms with Gasteiger partial charge in [0.1, 0.15) is 17.1 Å². The van der Waals surface area contributed by atoms with Gasteiger partial charge in [-0.2, -0.15) is 0 Å². The Morgan fingerprint density at radius 2 is 2.11 bits per heavy atom. The van der Waals surface area contributed by atoms with Crippen LogP contribution in [-0.4, -0.2) is 37.7 Å². The first-order valence-corrected chi connectivity index (χ1v) is 6.93. The highest BCUT2D eigenvalue weighted by molar-refractivity contribution is 5.44. The van der Waals surface area contributed by atoms with Gasteiger partial charge >= 0.3 is 0 Å². The summed E-state index contributed by atoms with van der Waals surface area (Å²) in [6.07, 6.45) is 3.02. The second-order valence-electron chi connectivity index (χ2n) is 5.80. The fraction of sp³-hybridized carbons (Fsp3) is 0.600. The maximum atomic E-state index is 6.36. The normalized spacial score (nSPS) is 25.7. The van der Waals surface area contributed by atoms with Crippen LogP contribution in [0.15, 0.2) is 18.2 Å². The molecule has 0 radical (unpaired) electrons. The summed E-state index contributed by atoms with van der Waals surface area (Å²) in [5.41, 5.74) is 7.37. The van der Waals surface area contributed by atoms with Crippen molar-refractivity contribution < 1.29 is 9.47 Å². The van der Waals surface area contributed by atoms with Gasteiger partial charge in [0.2, 0.25) is 0 Å². The van der Waals surface area contributed by atoms with E-state index < -0.39 is 0 Å². The molecule has 19 heavy (non-hydrogen) atoms. The molecule has 0 amide bonds. The van der Waals surface area contributed by atoms with E-state index in [0.29, 0.717) is 0 Å². The number of methoxy groups -OCH3 is 1. The molecule has 0 bridgehead atoms. The van der Waals surface area contributed by atoms with Crippen molar-refractivity contribution in [2.75, 3.05) is 27.2 Å². The van der Waals surface area contributed by atoms with Crippen molar-refractivity contribution in [2.24, 2.45) is 5.73 Å². The Morgan fingerprint density at radius 1 is 1.37 bits per heavy atom. The summed E-state index contributed by atoms with van der Waals surface area (Å²) in [4.78, 5) is 2.35. The minimum absolute atomic E-state index is 0.0438. The highest BCUT2D eigenvalue weighted by atomic mass is 16.5. The number of fused-ring (bicyclic) bond motifs is 1. The zero-order valence-corrected chi connectivity index (χ0v) is 11.7. The minimum Gasteiger partial charge on any atom is -0.497 e. The van der Waals surface area contributed by atoms with Gasteiger partial charge in [-0.1, -0.05) is 0 Å². The van der Waals surface area contributed by atoms with Crippen LogP contribution in [0, 0.1) is 0 Å². The topological polar surface area (TPSA) is 47.7 Å². The molecule has 4 heteroatoms. The third-order valence-corrected chi connectivity index (χ3v) is 4.43. The molecule has 1 aromatic rings. The summed E-state index contributed by atoms with van der Waals surface area (Å²) in [5.74, 6) is 1.78. The SMILES string of the molecule is COc1ccc2c(c1)[C@H](N)CC1(CCN(C)CC1)O2. The van der Waals surface area contributed by atoms with Gasteiger partial charge in [-0.25, -0.2) is 0 Å². The van der Waals surface area contributed by atoms with Gasteiger partial charge in [-0.15, -0.1) is 0 Å². The minimum atomic E-state index is -0.0620. The zero-order valence-electron chi connectivity index (χ0n) is 11.7. The highest BCUT2D eigenvalue weighted by Gasteiger charge is 2.41. The molecule has 1 atom stereocenters. The van der Waals surface area contributed by atoms with Gasteiger partial charge < -0.3 is 20.1 Å². The second kappa shape index (κ2) is 4.69. The lowest BCUT2D eigenvalue weighted by Crippen LogP contribution is -2.50. The number of piperidine rings is 1. The Kier molecular flexibility index (Phi) is 3.15. The lowest BCUT2D eigenvalue weighted by Gasteiger charge is -2.45. The number of nitrogens with zero attached hydrogens (tertiary/aromatic N) is 1. The van der Waals surface area contributed by atoms with Crippen LogP contribution in [0.5, 0.6) is 11.5 Å². The summed E-state index contributed by atoms with van der Waals surface area (Å²) >= 11 is 0. The number of benzene rings is 1. The van der Waals surface area contributed by atoms with Crippen LogP contribution in [0.4, 0.5) is 0 Å². The molecule has 2 aliphatic rings. The number of hydrogen-bond donors (Lipinski definition) is 1. The van der Waals surface area contributed by atoms with E-state index in [-0.39, 0.29) is 11.6 Å². The fourth-order valence-electron chi connectivity index (χ4n) is 3.15. The van der Waals surface area contributed by atoms with Crippen molar-refractivity contribution in [3.63, 3.8) is 0 Å². The van der Waals surface area contributed by atoms with Gasteiger partial charge in [0.25, 0.3) is 0 Å². The average molecular weight is 262 g/mol. The predicted octanol–water partition coefficient (Wildman–Crippen LogP) is 1.94. The molecule has 2 aliphatic heterocycles. The fourth-order valence-corrected chi connectivity index (χ4v) is 3.15. The molecule has 2 heterocycles. The van der Waals surface area contributed by atoms with E-state index in [1.54, 1.807) is 7.11 Å². The van der Waals surface area contributed by atoms with Gasteiger partial charge in [-0.3, -0.25) is 0 Å². The Bertz CT molecular complexity index is 467. The second-order valence-corrected chi connectivity index (χ2v) is 5.80. The maximum Gasteiger partial charge on any atom is 0.125 e. The summed E-state index contributed by atoms with van der Waals surface area (Å²) in [6, 6.07) is 5.98. The Balaban J connectivity index is 1.88. The maximum absolute atomic E-state index is 6.36. The summed E-state index contributed by atoms with van der Waals surface area (Å²) in [6.45, 7) is 2.16. The molecule has 4 nitrogen and oxygen atoms in total. The lowest BCUT2D eigenvalue weighted by molar-refractivity contribution is -0.0164. The predicted molar refractivity (Wildman–Crippen MR) is 74.6 cm³/mol. The molecule has 1 spiro atoms. The monoisotopic (exact) mass is 262 g/mol. The molecule has 0 aliphatic carbocycles. The van der Waals surface area contributed by atoms with Crippen molar-refractivity contribution in [1.82, 2.24) is 4.90 Å². The van der Waals surface area contributed by atoms with Crippen molar-refractivity contribution in [2.45, 2.75) is 30.9 Å². The Hall–Kier alpha value is -1.26. The molecular formula is C15H22N2O2. The number of likely N-dealkylation sites (tertiary alicyclic amines) is 1. The highest BCUT2D eigenvalue weighted by Crippen LogP contribution is 2.44. The van der Waals surface area contributed by atoms with E-state index in [1.807, 2.05) is 18.2 Å². The van der Waals surface area contributed by atoms with Crippen LogP contribution in [0.3, 0.4) is 0 Å². The van der Waals surface area contributed by atoms with Gasteiger partial charge in [0, 0.05) is 31.1 Å². The molecule has 104 valence electrons. The first kappa shape index (κ1) is 12.8. The number of nitrogens with two attached hydrogens (primary N) is 1. The van der Waals surface area contributed by atoms with Crippen molar-refractivity contribution in [3.05, 3.63) is 23.8 Å². The van der Waals surface area contributed by atoms with Crippen molar-refractivity contribution in [3.8, 4) is 11.5 Å². The first-order chi connectivity index (χ1) is 9.12. The molecule has 1 saturated heterocycles. The smallest absolute Gasteiger partial charge is 0.125 e. The van der Waals surface area contributed by atoms with E-state index in [1.165, 1.54) is 0 Å². The van der Waals surface area contributed by atoms with Crippen LogP contribution < -0.4 is 15.2 Å². The molecule has 1 aromatic carbocycles. The van der Waals surface area contributed by atoms with E-state index in [9.17, 15) is 0 Å². The Labute approximate surface area is 114 Å². The van der Waals surface area contributed by atoms with E-state index in [0.717, 1.165) is 49.4 Å². The Morgan fingerprint density at radius 3 is 2.79 bits per heavy atom. The molecule has 0 aromatic heterocycles. The van der Waals surface area contributed by atoms with E-state index >= 15 is 0 Å². The van der Waals surface area contributed by atoms with Crippen LogP contribution in [0.25, 0.3) is 0 Å². The average Bonchev–Trinajstić information content (AvgIpc) is 2.42. The molecule has 3 rings (SSSR count). The van der Waals surface area contributed by atoms with Crippen LogP contribution in [0.1, 0.15) is 30.9 Å². The third kappa shape index (κ3) is 2.30. The summed E-state index contributed by atoms with van der Waals surface area (Å²) < 4.78 is 11.6. The molecule has 0 saturated carbocycles. The largest absolute Gasteiger partial charge is 0.497 e. The summed E-state index contributed by atoms with van der Waals surface area (Å²) in [5, 5.41) is 0. The number of ether oxygens (including phenoxy) is 2. The number of hydrogen-bond acceptors (Lipinski definition) is 4. The van der Waals surface area contributed by atoms with Gasteiger partial charge in [0.05, 0.1) is 7.11 Å².